The van der Waals surface area contributed by atoms with Gasteiger partial charge in [0.15, 0.2) is 0 Å². The first-order chi connectivity index (χ1) is 9.13. The lowest BCUT2D eigenvalue weighted by atomic mass is 10.1. The summed E-state index contributed by atoms with van der Waals surface area (Å²) in [6.45, 7) is 4.46. The molecule has 0 aliphatic carbocycles. The number of carboxylic acid groups (broad SMARTS) is 1. The highest BCUT2D eigenvalue weighted by atomic mass is 16.5. The number of nitrogens with zero attached hydrogens (tertiary/aromatic N) is 1. The van der Waals surface area contributed by atoms with Crippen molar-refractivity contribution in [2.45, 2.75) is 32.3 Å². The van der Waals surface area contributed by atoms with Crippen LogP contribution in [0, 0.1) is 6.92 Å². The fourth-order valence-corrected chi connectivity index (χ4v) is 2.38. The molecule has 1 N–H and O–H groups in total. The fourth-order valence-electron chi connectivity index (χ4n) is 2.38. The Morgan fingerprint density at radius 3 is 2.84 bits per heavy atom. The van der Waals surface area contributed by atoms with E-state index in [1.165, 1.54) is 5.56 Å². The van der Waals surface area contributed by atoms with Crippen LogP contribution in [-0.4, -0.2) is 41.7 Å². The van der Waals surface area contributed by atoms with Crippen molar-refractivity contribution >= 4 is 5.97 Å². The lowest BCUT2D eigenvalue weighted by Crippen LogP contribution is -2.41. The number of hydrogen-bond donors (Lipinski definition) is 1. The molecule has 4 nitrogen and oxygen atoms in total. The summed E-state index contributed by atoms with van der Waals surface area (Å²) >= 11 is 0. The molecule has 1 atom stereocenters. The van der Waals surface area contributed by atoms with Gasteiger partial charge < -0.3 is 9.84 Å². The van der Waals surface area contributed by atoms with Crippen LogP contribution in [0.4, 0.5) is 0 Å². The van der Waals surface area contributed by atoms with Gasteiger partial charge in [-0.25, -0.2) is 0 Å². The number of carbonyl (C=O) groups is 1. The van der Waals surface area contributed by atoms with Gasteiger partial charge in [-0.15, -0.1) is 0 Å². The molecule has 1 aromatic carbocycles. The Labute approximate surface area is 114 Å². The molecular formula is C15H21NO3. The normalized spacial score (nSPS) is 20.2. The highest BCUT2D eigenvalue weighted by molar-refractivity contribution is 5.66. The van der Waals surface area contributed by atoms with Crippen LogP contribution in [-0.2, 0) is 4.79 Å². The van der Waals surface area contributed by atoms with Crippen LogP contribution in [0.5, 0.6) is 5.75 Å². The Balaban J connectivity index is 1.83. The number of piperidine rings is 1. The van der Waals surface area contributed by atoms with Crippen molar-refractivity contribution in [1.82, 2.24) is 4.90 Å². The molecule has 1 aliphatic heterocycles. The largest absolute Gasteiger partial charge is 0.489 e. The predicted octanol–water partition coefficient (Wildman–Crippen LogP) is 2.31. The van der Waals surface area contributed by atoms with Gasteiger partial charge in [-0.1, -0.05) is 17.7 Å². The van der Waals surface area contributed by atoms with Gasteiger partial charge in [0.2, 0.25) is 0 Å². The quantitative estimate of drug-likeness (QED) is 0.885. The molecule has 0 saturated carbocycles. The lowest BCUT2D eigenvalue weighted by Gasteiger charge is -2.32. The third kappa shape index (κ3) is 4.56. The summed E-state index contributed by atoms with van der Waals surface area (Å²) in [6, 6.07) is 8.07. The summed E-state index contributed by atoms with van der Waals surface area (Å²) in [6.07, 6.45) is 2.48. The van der Waals surface area contributed by atoms with E-state index < -0.39 is 5.97 Å². The van der Waals surface area contributed by atoms with Crippen LogP contribution in [0.2, 0.25) is 0 Å². The molecule has 4 heteroatoms. The second-order valence-electron chi connectivity index (χ2n) is 5.14. The SMILES string of the molecule is Cc1ccc(OC2CCCN(CCC(=O)O)C2)cc1. The zero-order valence-electron chi connectivity index (χ0n) is 11.3. The van der Waals surface area contributed by atoms with Gasteiger partial charge >= 0.3 is 5.97 Å². The minimum absolute atomic E-state index is 0.172. The average molecular weight is 263 g/mol. The molecule has 1 fully saturated rings. The lowest BCUT2D eigenvalue weighted by molar-refractivity contribution is -0.137. The van der Waals surface area contributed by atoms with E-state index in [-0.39, 0.29) is 12.5 Å². The molecule has 0 radical (unpaired) electrons. The van der Waals surface area contributed by atoms with Gasteiger partial charge in [0.25, 0.3) is 0 Å². The summed E-state index contributed by atoms with van der Waals surface area (Å²) in [7, 11) is 0. The summed E-state index contributed by atoms with van der Waals surface area (Å²) in [5, 5.41) is 8.71. The number of hydrogen-bond acceptors (Lipinski definition) is 3. The van der Waals surface area contributed by atoms with Crippen molar-refractivity contribution < 1.29 is 14.6 Å². The molecule has 1 aliphatic rings. The molecule has 1 heterocycles. The minimum atomic E-state index is -0.735. The summed E-state index contributed by atoms with van der Waals surface area (Å²) in [4.78, 5) is 12.8. The first kappa shape index (κ1) is 13.9. The zero-order chi connectivity index (χ0) is 13.7. The van der Waals surface area contributed by atoms with Crippen LogP contribution in [0.15, 0.2) is 24.3 Å². The highest BCUT2D eigenvalue weighted by Gasteiger charge is 2.21. The van der Waals surface area contributed by atoms with Gasteiger partial charge in [-0.2, -0.15) is 0 Å². The van der Waals surface area contributed by atoms with Crippen LogP contribution in [0.1, 0.15) is 24.8 Å². The van der Waals surface area contributed by atoms with Gasteiger partial charge in [-0.3, -0.25) is 9.69 Å². The van der Waals surface area contributed by atoms with Crippen LogP contribution < -0.4 is 4.74 Å². The molecule has 2 rings (SSSR count). The number of likely N-dealkylation sites (tertiary alicyclic amines) is 1. The topological polar surface area (TPSA) is 49.8 Å². The Bertz CT molecular complexity index is 416. The molecule has 19 heavy (non-hydrogen) atoms. The Hall–Kier alpha value is -1.55. The molecule has 0 amide bonds. The van der Waals surface area contributed by atoms with Crippen LogP contribution >= 0.6 is 0 Å². The van der Waals surface area contributed by atoms with E-state index >= 15 is 0 Å². The van der Waals surface area contributed by atoms with Gasteiger partial charge in [-0.05, 0) is 38.4 Å². The second kappa shape index (κ2) is 6.57. The van der Waals surface area contributed by atoms with Crippen molar-refractivity contribution in [3.05, 3.63) is 29.8 Å². The van der Waals surface area contributed by atoms with E-state index in [4.69, 9.17) is 9.84 Å². The maximum absolute atomic E-state index is 10.6. The van der Waals surface area contributed by atoms with Crippen molar-refractivity contribution in [2.24, 2.45) is 0 Å². The van der Waals surface area contributed by atoms with Gasteiger partial charge in [0, 0.05) is 13.1 Å². The summed E-state index contributed by atoms with van der Waals surface area (Å²) in [5.74, 6) is 0.164. The van der Waals surface area contributed by atoms with E-state index in [9.17, 15) is 4.79 Å². The number of benzene rings is 1. The monoisotopic (exact) mass is 263 g/mol. The molecule has 1 unspecified atom stereocenters. The molecule has 1 aromatic rings. The summed E-state index contributed by atoms with van der Waals surface area (Å²) in [5.41, 5.74) is 1.22. The number of aryl methyl sites for hydroxylation is 1. The smallest absolute Gasteiger partial charge is 0.304 e. The van der Waals surface area contributed by atoms with E-state index in [0.29, 0.717) is 6.54 Å². The third-order valence-corrected chi connectivity index (χ3v) is 3.43. The van der Waals surface area contributed by atoms with E-state index in [2.05, 4.69) is 11.8 Å². The fraction of sp³-hybridized carbons (Fsp3) is 0.533. The number of aliphatic carboxylic acids is 1. The molecule has 0 spiro atoms. The average Bonchev–Trinajstić information content (AvgIpc) is 2.40. The molecule has 104 valence electrons. The van der Waals surface area contributed by atoms with Crippen LogP contribution in [0.3, 0.4) is 0 Å². The van der Waals surface area contributed by atoms with Crippen molar-refractivity contribution in [2.75, 3.05) is 19.6 Å². The second-order valence-corrected chi connectivity index (χ2v) is 5.14. The predicted molar refractivity (Wildman–Crippen MR) is 73.5 cm³/mol. The Morgan fingerprint density at radius 2 is 2.16 bits per heavy atom. The highest BCUT2D eigenvalue weighted by Crippen LogP contribution is 2.19. The van der Waals surface area contributed by atoms with Gasteiger partial charge in [0.05, 0.1) is 6.42 Å². The van der Waals surface area contributed by atoms with Crippen LogP contribution in [0.25, 0.3) is 0 Å². The van der Waals surface area contributed by atoms with E-state index in [1.807, 2.05) is 24.3 Å². The first-order valence-electron chi connectivity index (χ1n) is 6.81. The minimum Gasteiger partial charge on any atom is -0.489 e. The van der Waals surface area contributed by atoms with Crippen molar-refractivity contribution in [3.8, 4) is 5.75 Å². The maximum Gasteiger partial charge on any atom is 0.304 e. The summed E-state index contributed by atoms with van der Waals surface area (Å²) < 4.78 is 5.96. The first-order valence-corrected chi connectivity index (χ1v) is 6.81. The molecule has 1 saturated heterocycles. The number of ether oxygens (including phenoxy) is 1. The molecule has 0 aromatic heterocycles. The number of carboxylic acids is 1. The standard InChI is InChI=1S/C15H21NO3/c1-12-4-6-13(7-5-12)19-14-3-2-9-16(11-14)10-8-15(17)18/h4-7,14H,2-3,8-11H2,1H3,(H,17,18). The molecule has 0 bridgehead atoms. The third-order valence-electron chi connectivity index (χ3n) is 3.43. The maximum atomic E-state index is 10.6. The Kier molecular flexibility index (Phi) is 4.80. The van der Waals surface area contributed by atoms with E-state index in [1.54, 1.807) is 0 Å². The van der Waals surface area contributed by atoms with Crippen molar-refractivity contribution in [1.29, 1.82) is 0 Å². The van der Waals surface area contributed by atoms with E-state index in [0.717, 1.165) is 31.7 Å². The van der Waals surface area contributed by atoms with Crippen molar-refractivity contribution in [3.63, 3.8) is 0 Å². The van der Waals surface area contributed by atoms with Gasteiger partial charge in [0.1, 0.15) is 11.9 Å². The Morgan fingerprint density at radius 1 is 1.42 bits per heavy atom. The zero-order valence-corrected chi connectivity index (χ0v) is 11.3. The number of rotatable bonds is 5. The molecular weight excluding hydrogens is 242 g/mol.